The van der Waals surface area contributed by atoms with Gasteiger partial charge in [0.1, 0.15) is 18.1 Å². The number of carbonyl (C=O) groups excluding carboxylic acids is 1. The average molecular weight is 372 g/mol. The Hall–Kier alpha value is -3.40. The van der Waals surface area contributed by atoms with Crippen molar-refractivity contribution in [3.8, 4) is 11.3 Å². The standard InChI is InChI=1S/C24H24N2O2/c1-4-15-26-22(16-19-11-7-5-8-12-19)25-21(17-28-24(27)18(2)3)23(26)20-13-9-6-10-14-20/h4-14H,1-2,15-17H2,3H3. The van der Waals surface area contributed by atoms with E-state index in [-0.39, 0.29) is 6.61 Å². The van der Waals surface area contributed by atoms with E-state index < -0.39 is 5.97 Å². The molecule has 0 saturated heterocycles. The Morgan fingerprint density at radius 1 is 1.11 bits per heavy atom. The van der Waals surface area contributed by atoms with Gasteiger partial charge in [-0.25, -0.2) is 9.78 Å². The van der Waals surface area contributed by atoms with Crippen LogP contribution >= 0.6 is 0 Å². The van der Waals surface area contributed by atoms with Crippen LogP contribution in [0.25, 0.3) is 11.3 Å². The van der Waals surface area contributed by atoms with Gasteiger partial charge in [-0.3, -0.25) is 0 Å². The predicted molar refractivity (Wildman–Crippen MR) is 112 cm³/mol. The second-order valence-electron chi connectivity index (χ2n) is 6.61. The van der Waals surface area contributed by atoms with Gasteiger partial charge in [0.2, 0.25) is 0 Å². The van der Waals surface area contributed by atoms with Crippen LogP contribution in [0.1, 0.15) is 24.0 Å². The summed E-state index contributed by atoms with van der Waals surface area (Å²) in [5.41, 5.74) is 4.24. The lowest BCUT2D eigenvalue weighted by Gasteiger charge is -2.11. The number of carbonyl (C=O) groups is 1. The molecule has 0 spiro atoms. The van der Waals surface area contributed by atoms with Gasteiger partial charge < -0.3 is 9.30 Å². The number of aromatic nitrogens is 2. The molecule has 142 valence electrons. The topological polar surface area (TPSA) is 44.1 Å². The van der Waals surface area contributed by atoms with E-state index in [4.69, 9.17) is 9.72 Å². The van der Waals surface area contributed by atoms with E-state index in [1.54, 1.807) is 6.92 Å². The minimum Gasteiger partial charge on any atom is -0.456 e. The van der Waals surface area contributed by atoms with Crippen molar-refractivity contribution in [3.05, 3.63) is 103 Å². The molecule has 28 heavy (non-hydrogen) atoms. The average Bonchev–Trinajstić information content (AvgIpc) is 3.04. The second-order valence-corrected chi connectivity index (χ2v) is 6.61. The molecule has 1 aromatic heterocycles. The van der Waals surface area contributed by atoms with Crippen molar-refractivity contribution in [2.75, 3.05) is 0 Å². The zero-order valence-electron chi connectivity index (χ0n) is 16.1. The first kappa shape index (κ1) is 19.4. The van der Waals surface area contributed by atoms with Gasteiger partial charge in [-0.2, -0.15) is 0 Å². The normalized spacial score (nSPS) is 10.5. The number of benzene rings is 2. The van der Waals surface area contributed by atoms with Crippen LogP contribution < -0.4 is 0 Å². The van der Waals surface area contributed by atoms with Crippen LogP contribution in [0, 0.1) is 0 Å². The Kier molecular flexibility index (Phi) is 6.22. The third kappa shape index (κ3) is 4.46. The number of hydrogen-bond donors (Lipinski definition) is 0. The fourth-order valence-corrected chi connectivity index (χ4v) is 3.07. The van der Waals surface area contributed by atoms with Crippen molar-refractivity contribution in [1.82, 2.24) is 9.55 Å². The van der Waals surface area contributed by atoms with E-state index >= 15 is 0 Å². The van der Waals surface area contributed by atoms with Crippen LogP contribution in [0.4, 0.5) is 0 Å². The molecule has 0 saturated carbocycles. The fraction of sp³-hybridized carbons (Fsp3) is 0.167. The van der Waals surface area contributed by atoms with Crippen molar-refractivity contribution < 1.29 is 9.53 Å². The highest BCUT2D eigenvalue weighted by atomic mass is 16.5. The number of nitrogens with zero attached hydrogens (tertiary/aromatic N) is 2. The predicted octanol–water partition coefficient (Wildman–Crippen LogP) is 4.95. The van der Waals surface area contributed by atoms with Crippen LogP contribution in [-0.2, 0) is 29.1 Å². The summed E-state index contributed by atoms with van der Waals surface area (Å²) in [6.07, 6.45) is 2.54. The molecule has 4 heteroatoms. The molecule has 0 aliphatic carbocycles. The highest BCUT2D eigenvalue weighted by Crippen LogP contribution is 2.27. The summed E-state index contributed by atoms with van der Waals surface area (Å²) in [6, 6.07) is 20.2. The molecule has 2 aromatic carbocycles. The molecular weight excluding hydrogens is 348 g/mol. The first-order valence-electron chi connectivity index (χ1n) is 9.21. The van der Waals surface area contributed by atoms with Crippen LogP contribution in [0.15, 0.2) is 85.5 Å². The summed E-state index contributed by atoms with van der Waals surface area (Å²) in [5, 5.41) is 0. The third-order valence-electron chi connectivity index (χ3n) is 4.37. The summed E-state index contributed by atoms with van der Waals surface area (Å²) in [7, 11) is 0. The SMILES string of the molecule is C=CCn1c(Cc2ccccc2)nc(COC(=O)C(=C)C)c1-c1ccccc1. The maximum absolute atomic E-state index is 11.9. The first-order chi connectivity index (χ1) is 13.6. The second kappa shape index (κ2) is 9.00. The van der Waals surface area contributed by atoms with Gasteiger partial charge in [0.15, 0.2) is 0 Å². The molecule has 0 radical (unpaired) electrons. The van der Waals surface area contributed by atoms with E-state index in [2.05, 4.69) is 29.9 Å². The summed E-state index contributed by atoms with van der Waals surface area (Å²) in [6.45, 7) is 9.90. The summed E-state index contributed by atoms with van der Waals surface area (Å²) in [5.74, 6) is 0.494. The quantitative estimate of drug-likeness (QED) is 0.319. The van der Waals surface area contributed by atoms with Crippen molar-refractivity contribution in [2.24, 2.45) is 0 Å². The third-order valence-corrected chi connectivity index (χ3v) is 4.37. The molecule has 1 heterocycles. The van der Waals surface area contributed by atoms with Crippen LogP contribution in [0.2, 0.25) is 0 Å². The van der Waals surface area contributed by atoms with Crippen LogP contribution in [0.3, 0.4) is 0 Å². The summed E-state index contributed by atoms with van der Waals surface area (Å²) < 4.78 is 7.55. The lowest BCUT2D eigenvalue weighted by Crippen LogP contribution is -2.07. The van der Waals surface area contributed by atoms with Crippen molar-refractivity contribution in [3.63, 3.8) is 0 Å². The molecule has 3 rings (SSSR count). The lowest BCUT2D eigenvalue weighted by atomic mass is 10.1. The first-order valence-corrected chi connectivity index (χ1v) is 9.21. The molecule has 0 atom stereocenters. The summed E-state index contributed by atoms with van der Waals surface area (Å²) >= 11 is 0. The zero-order chi connectivity index (χ0) is 19.9. The molecular formula is C24H24N2O2. The number of rotatable bonds is 8. The van der Waals surface area contributed by atoms with Gasteiger partial charge in [0.05, 0.1) is 5.69 Å². The molecule has 0 unspecified atom stereocenters. The number of imidazole rings is 1. The van der Waals surface area contributed by atoms with Crippen molar-refractivity contribution in [2.45, 2.75) is 26.5 Å². The monoisotopic (exact) mass is 372 g/mol. The Morgan fingerprint density at radius 3 is 2.36 bits per heavy atom. The van der Waals surface area contributed by atoms with Gasteiger partial charge >= 0.3 is 5.97 Å². The lowest BCUT2D eigenvalue weighted by molar-refractivity contribution is -0.140. The highest BCUT2D eigenvalue weighted by Gasteiger charge is 2.19. The minimum absolute atomic E-state index is 0.0991. The molecule has 0 N–H and O–H groups in total. The molecule has 0 bridgehead atoms. The van der Waals surface area contributed by atoms with E-state index in [1.165, 1.54) is 5.56 Å². The number of allylic oxidation sites excluding steroid dienone is 1. The van der Waals surface area contributed by atoms with Crippen LogP contribution in [0.5, 0.6) is 0 Å². The van der Waals surface area contributed by atoms with E-state index in [1.807, 2.05) is 54.6 Å². The van der Waals surface area contributed by atoms with Crippen molar-refractivity contribution >= 4 is 5.97 Å². The Morgan fingerprint density at radius 2 is 1.75 bits per heavy atom. The van der Waals surface area contributed by atoms with Gasteiger partial charge in [0.25, 0.3) is 0 Å². The molecule has 0 aliphatic heterocycles. The fourth-order valence-electron chi connectivity index (χ4n) is 3.07. The smallest absolute Gasteiger partial charge is 0.333 e. The van der Waals surface area contributed by atoms with Gasteiger partial charge in [0, 0.05) is 24.1 Å². The molecule has 4 nitrogen and oxygen atoms in total. The van der Waals surface area contributed by atoms with Crippen molar-refractivity contribution in [1.29, 1.82) is 0 Å². The van der Waals surface area contributed by atoms with E-state index in [9.17, 15) is 4.79 Å². The molecule has 0 aliphatic rings. The maximum Gasteiger partial charge on any atom is 0.333 e. The van der Waals surface area contributed by atoms with E-state index in [0.29, 0.717) is 18.5 Å². The Balaban J connectivity index is 2.05. The maximum atomic E-state index is 11.9. The number of ether oxygens (including phenoxy) is 1. The van der Waals surface area contributed by atoms with Crippen LogP contribution in [-0.4, -0.2) is 15.5 Å². The zero-order valence-corrected chi connectivity index (χ0v) is 16.1. The van der Waals surface area contributed by atoms with Gasteiger partial charge in [-0.15, -0.1) is 6.58 Å². The number of hydrogen-bond acceptors (Lipinski definition) is 3. The van der Waals surface area contributed by atoms with Gasteiger partial charge in [-0.1, -0.05) is 73.3 Å². The molecule has 0 fully saturated rings. The number of esters is 1. The van der Waals surface area contributed by atoms with Gasteiger partial charge in [-0.05, 0) is 12.5 Å². The Bertz CT molecular complexity index is 973. The molecule has 0 amide bonds. The minimum atomic E-state index is -0.415. The Labute approximate surface area is 165 Å². The molecule has 3 aromatic rings. The summed E-state index contributed by atoms with van der Waals surface area (Å²) in [4.78, 5) is 16.7. The highest BCUT2D eigenvalue weighted by molar-refractivity contribution is 5.87. The largest absolute Gasteiger partial charge is 0.456 e. The van der Waals surface area contributed by atoms with E-state index in [0.717, 1.165) is 22.8 Å².